The van der Waals surface area contributed by atoms with Crippen LogP contribution in [-0.4, -0.2) is 36.1 Å². The Morgan fingerprint density at radius 2 is 1.45 bits per heavy atom. The third kappa shape index (κ3) is 6.70. The summed E-state index contributed by atoms with van der Waals surface area (Å²) in [5, 5.41) is 6.28. The molecule has 1 aromatic heterocycles. The lowest BCUT2D eigenvalue weighted by atomic mass is 10.2. The van der Waals surface area contributed by atoms with Crippen molar-refractivity contribution in [2.45, 2.75) is 25.7 Å². The maximum atomic E-state index is 12.6. The Morgan fingerprint density at radius 1 is 0.939 bits per heavy atom. The fourth-order valence-corrected chi connectivity index (χ4v) is 4.05. The zero-order chi connectivity index (χ0) is 24.0. The number of aromatic nitrogens is 2. The molecule has 0 aliphatic rings. The van der Waals surface area contributed by atoms with Crippen LogP contribution in [0.3, 0.4) is 0 Å². The number of esters is 1. The van der Waals surface area contributed by atoms with Gasteiger partial charge in [-0.05, 0) is 87.6 Å². The van der Waals surface area contributed by atoms with E-state index in [1.165, 1.54) is 12.1 Å². The van der Waals surface area contributed by atoms with Crippen molar-refractivity contribution in [1.29, 1.82) is 0 Å². The van der Waals surface area contributed by atoms with E-state index in [4.69, 9.17) is 17.0 Å². The summed E-state index contributed by atoms with van der Waals surface area (Å²) < 4.78 is 32.6. The summed E-state index contributed by atoms with van der Waals surface area (Å²) in [6, 6.07) is 14.5. The molecule has 0 unspecified atom stereocenters. The Morgan fingerprint density at radius 3 is 1.97 bits per heavy atom. The summed E-state index contributed by atoms with van der Waals surface area (Å²) in [6.07, 6.45) is 0. The molecule has 33 heavy (non-hydrogen) atoms. The molecule has 0 atom stereocenters. The van der Waals surface area contributed by atoms with Crippen LogP contribution in [-0.2, 0) is 14.8 Å². The quantitative estimate of drug-likeness (QED) is 0.338. The number of thiocarbonyl (C=S) groups is 1. The molecule has 1 heterocycles. The van der Waals surface area contributed by atoms with Gasteiger partial charge in [-0.2, -0.15) is 0 Å². The van der Waals surface area contributed by atoms with Gasteiger partial charge in [0.15, 0.2) is 5.11 Å². The van der Waals surface area contributed by atoms with Gasteiger partial charge < -0.3 is 15.4 Å². The number of carbonyl (C=O) groups excluding carboxylic acids is 1. The summed E-state index contributed by atoms with van der Waals surface area (Å²) in [5.41, 5.74) is 3.04. The molecule has 0 spiro atoms. The minimum Gasteiger partial charge on any atom is -0.462 e. The number of aryl methyl sites for hydroxylation is 2. The molecule has 2 aromatic carbocycles. The van der Waals surface area contributed by atoms with Crippen LogP contribution in [0.5, 0.6) is 0 Å². The Bertz CT molecular complexity index is 1240. The van der Waals surface area contributed by atoms with Crippen LogP contribution in [0.4, 0.5) is 17.3 Å². The largest absolute Gasteiger partial charge is 0.462 e. The number of nitrogens with one attached hydrogen (secondary N) is 3. The molecule has 0 aliphatic heterocycles. The molecule has 0 saturated carbocycles. The fraction of sp³-hybridized carbons (Fsp3) is 0.182. The van der Waals surface area contributed by atoms with E-state index < -0.39 is 16.0 Å². The van der Waals surface area contributed by atoms with E-state index in [0.717, 1.165) is 0 Å². The zero-order valence-corrected chi connectivity index (χ0v) is 19.9. The topological polar surface area (TPSA) is 122 Å². The minimum absolute atomic E-state index is 0.0223. The predicted octanol–water partition coefficient (Wildman–Crippen LogP) is 3.88. The SMILES string of the molecule is CCOC(=O)c1ccc(NC(=S)Nc2ccc(S(=O)(=O)Nc3nc(C)cc(C)n3)cc2)cc1. The van der Waals surface area contributed by atoms with Crippen molar-refractivity contribution >= 4 is 50.6 Å². The molecule has 0 amide bonds. The van der Waals surface area contributed by atoms with Gasteiger partial charge in [0.25, 0.3) is 10.0 Å². The van der Waals surface area contributed by atoms with Crippen molar-refractivity contribution < 1.29 is 17.9 Å². The van der Waals surface area contributed by atoms with Gasteiger partial charge in [-0.3, -0.25) is 0 Å². The monoisotopic (exact) mass is 485 g/mol. The van der Waals surface area contributed by atoms with Crippen LogP contribution in [0.15, 0.2) is 59.5 Å². The molecular formula is C22H23N5O4S2. The number of rotatable bonds is 7. The second kappa shape index (κ2) is 10.4. The molecule has 3 N–H and O–H groups in total. The number of hydrogen-bond donors (Lipinski definition) is 3. The summed E-state index contributed by atoms with van der Waals surface area (Å²) in [6.45, 7) is 5.58. The highest BCUT2D eigenvalue weighted by Crippen LogP contribution is 2.18. The molecule has 0 radical (unpaired) electrons. The van der Waals surface area contributed by atoms with Crippen LogP contribution in [0.1, 0.15) is 28.7 Å². The molecular weight excluding hydrogens is 462 g/mol. The summed E-state index contributed by atoms with van der Waals surface area (Å²) in [7, 11) is -3.85. The van der Waals surface area contributed by atoms with Crippen LogP contribution in [0, 0.1) is 13.8 Å². The van der Waals surface area contributed by atoms with Gasteiger partial charge in [-0.15, -0.1) is 0 Å². The average Bonchev–Trinajstić information content (AvgIpc) is 2.73. The zero-order valence-electron chi connectivity index (χ0n) is 18.2. The highest BCUT2D eigenvalue weighted by Gasteiger charge is 2.16. The summed E-state index contributed by atoms with van der Waals surface area (Å²) >= 11 is 5.30. The van der Waals surface area contributed by atoms with Gasteiger partial charge >= 0.3 is 5.97 Å². The van der Waals surface area contributed by atoms with Gasteiger partial charge in [0, 0.05) is 22.8 Å². The van der Waals surface area contributed by atoms with Gasteiger partial charge in [-0.25, -0.2) is 27.9 Å². The second-order valence-electron chi connectivity index (χ2n) is 6.98. The van der Waals surface area contributed by atoms with Crippen molar-refractivity contribution in [3.8, 4) is 0 Å². The van der Waals surface area contributed by atoms with E-state index in [9.17, 15) is 13.2 Å². The lowest BCUT2D eigenvalue weighted by Crippen LogP contribution is -2.19. The van der Waals surface area contributed by atoms with Crippen LogP contribution < -0.4 is 15.4 Å². The molecule has 11 heteroatoms. The van der Waals surface area contributed by atoms with Crippen LogP contribution in [0.25, 0.3) is 0 Å². The fourth-order valence-electron chi connectivity index (χ4n) is 2.87. The second-order valence-corrected chi connectivity index (χ2v) is 9.07. The highest BCUT2D eigenvalue weighted by molar-refractivity contribution is 7.92. The van der Waals surface area contributed by atoms with E-state index in [0.29, 0.717) is 40.0 Å². The van der Waals surface area contributed by atoms with Crippen molar-refractivity contribution in [3.05, 3.63) is 71.5 Å². The lowest BCUT2D eigenvalue weighted by Gasteiger charge is -2.12. The molecule has 172 valence electrons. The molecule has 0 aliphatic carbocycles. The van der Waals surface area contributed by atoms with E-state index in [2.05, 4.69) is 25.3 Å². The maximum absolute atomic E-state index is 12.6. The standard InChI is InChI=1S/C22H23N5O4S2/c1-4-31-20(28)16-5-7-17(8-6-16)25-22(32)26-18-9-11-19(12-10-18)33(29,30)27-21-23-14(2)13-15(3)24-21/h5-13H,4H2,1-3H3,(H,23,24,27)(H2,25,26,32). The number of benzene rings is 2. The molecule has 0 saturated heterocycles. The normalized spacial score (nSPS) is 10.9. The lowest BCUT2D eigenvalue weighted by molar-refractivity contribution is 0.0526. The first-order chi connectivity index (χ1) is 15.7. The van der Waals surface area contributed by atoms with E-state index in [-0.39, 0.29) is 10.8 Å². The van der Waals surface area contributed by atoms with Gasteiger partial charge in [0.2, 0.25) is 5.95 Å². The Kier molecular flexibility index (Phi) is 7.56. The predicted molar refractivity (Wildman–Crippen MR) is 131 cm³/mol. The number of ether oxygens (including phenoxy) is 1. The van der Waals surface area contributed by atoms with Gasteiger partial charge in [0.1, 0.15) is 0 Å². The highest BCUT2D eigenvalue weighted by atomic mass is 32.2. The minimum atomic E-state index is -3.85. The third-order valence-electron chi connectivity index (χ3n) is 4.28. The first-order valence-corrected chi connectivity index (χ1v) is 11.9. The van der Waals surface area contributed by atoms with Crippen molar-refractivity contribution in [1.82, 2.24) is 9.97 Å². The van der Waals surface area contributed by atoms with E-state index >= 15 is 0 Å². The maximum Gasteiger partial charge on any atom is 0.338 e. The smallest absolute Gasteiger partial charge is 0.338 e. The van der Waals surface area contributed by atoms with E-state index in [1.807, 2.05) is 0 Å². The molecule has 0 bridgehead atoms. The van der Waals surface area contributed by atoms with Crippen molar-refractivity contribution in [3.63, 3.8) is 0 Å². The van der Waals surface area contributed by atoms with E-state index in [1.54, 1.807) is 63.2 Å². The van der Waals surface area contributed by atoms with Crippen molar-refractivity contribution in [2.24, 2.45) is 0 Å². The average molecular weight is 486 g/mol. The number of hydrogen-bond acceptors (Lipinski definition) is 7. The number of carbonyl (C=O) groups is 1. The van der Waals surface area contributed by atoms with Crippen molar-refractivity contribution in [2.75, 3.05) is 22.0 Å². The Labute approximate surface area is 197 Å². The van der Waals surface area contributed by atoms with Crippen LogP contribution in [0.2, 0.25) is 0 Å². The number of nitrogens with zero attached hydrogens (tertiary/aromatic N) is 2. The molecule has 0 fully saturated rings. The summed E-state index contributed by atoms with van der Waals surface area (Å²) in [5.74, 6) is -0.368. The first kappa shape index (κ1) is 24.1. The summed E-state index contributed by atoms with van der Waals surface area (Å²) in [4.78, 5) is 20.0. The number of anilines is 3. The molecule has 3 rings (SSSR count). The first-order valence-electron chi connectivity index (χ1n) is 9.96. The Hall–Kier alpha value is -3.57. The van der Waals surface area contributed by atoms with Gasteiger partial charge in [-0.1, -0.05) is 0 Å². The van der Waals surface area contributed by atoms with Gasteiger partial charge in [0.05, 0.1) is 17.1 Å². The molecule has 9 nitrogen and oxygen atoms in total. The molecule has 3 aromatic rings. The number of sulfonamides is 1. The Balaban J connectivity index is 1.61. The van der Waals surface area contributed by atoms with Crippen LogP contribution >= 0.6 is 12.2 Å². The third-order valence-corrected chi connectivity index (χ3v) is 5.83.